The van der Waals surface area contributed by atoms with Crippen LogP contribution in [-0.2, 0) is 11.4 Å². The van der Waals surface area contributed by atoms with Crippen LogP contribution in [0, 0.1) is 12.7 Å². The lowest BCUT2D eigenvalue weighted by molar-refractivity contribution is -0.113. The molecule has 1 amide bonds. The van der Waals surface area contributed by atoms with Gasteiger partial charge in [-0.1, -0.05) is 47.1 Å². The van der Waals surface area contributed by atoms with Gasteiger partial charge in [-0.05, 0) is 67.1 Å². The Morgan fingerprint density at radius 1 is 1.05 bits per heavy atom. The fraction of sp³-hybridized carbons (Fsp3) is 0.214. The summed E-state index contributed by atoms with van der Waals surface area (Å²) in [6.07, 6.45) is 0. The van der Waals surface area contributed by atoms with Crippen LogP contribution in [-0.4, -0.2) is 32.7 Å². The van der Waals surface area contributed by atoms with Crippen LogP contribution in [0.4, 0.5) is 16.0 Å². The van der Waals surface area contributed by atoms with E-state index in [2.05, 4.69) is 26.2 Å². The molecular weight excluding hydrogens is 487 g/mol. The SMILES string of the molecule is CCOc1cc(C2C(C(=O)Nc3ccc(C)cc3)=C(C)Nc3nnnn32)ccc1OCc1ccccc1F. The Morgan fingerprint density at radius 3 is 2.61 bits per heavy atom. The van der Waals surface area contributed by atoms with Crippen molar-refractivity contribution in [2.75, 3.05) is 17.2 Å². The largest absolute Gasteiger partial charge is 0.490 e. The van der Waals surface area contributed by atoms with Crippen molar-refractivity contribution in [3.63, 3.8) is 0 Å². The molecule has 1 aromatic heterocycles. The number of amides is 1. The van der Waals surface area contributed by atoms with Gasteiger partial charge >= 0.3 is 0 Å². The first-order valence-corrected chi connectivity index (χ1v) is 12.2. The maximum Gasteiger partial charge on any atom is 0.255 e. The average Bonchev–Trinajstić information content (AvgIpc) is 3.37. The number of hydrogen-bond acceptors (Lipinski definition) is 7. The third-order valence-corrected chi connectivity index (χ3v) is 6.19. The normalized spacial score (nSPS) is 14.5. The molecule has 38 heavy (non-hydrogen) atoms. The van der Waals surface area contributed by atoms with Crippen LogP contribution in [0.25, 0.3) is 0 Å². The zero-order chi connectivity index (χ0) is 26.6. The van der Waals surface area contributed by atoms with Crippen LogP contribution in [0.1, 0.15) is 36.6 Å². The second-order valence-electron chi connectivity index (χ2n) is 8.85. The number of fused-ring (bicyclic) bond motifs is 1. The van der Waals surface area contributed by atoms with E-state index < -0.39 is 6.04 Å². The highest BCUT2D eigenvalue weighted by Gasteiger charge is 2.34. The summed E-state index contributed by atoms with van der Waals surface area (Å²) in [6, 6.07) is 18.8. The van der Waals surface area contributed by atoms with E-state index >= 15 is 0 Å². The summed E-state index contributed by atoms with van der Waals surface area (Å²) in [7, 11) is 0. The topological polar surface area (TPSA) is 103 Å². The van der Waals surface area contributed by atoms with E-state index in [0.29, 0.717) is 46.6 Å². The number of benzene rings is 3. The Hall–Kier alpha value is -4.73. The number of nitrogens with one attached hydrogen (secondary N) is 2. The molecule has 5 rings (SSSR count). The predicted octanol–water partition coefficient (Wildman–Crippen LogP) is 5.03. The smallest absolute Gasteiger partial charge is 0.255 e. The zero-order valence-corrected chi connectivity index (χ0v) is 21.2. The van der Waals surface area contributed by atoms with Crippen molar-refractivity contribution in [1.29, 1.82) is 0 Å². The van der Waals surface area contributed by atoms with E-state index in [4.69, 9.17) is 9.47 Å². The molecule has 2 N–H and O–H groups in total. The maximum atomic E-state index is 14.1. The highest BCUT2D eigenvalue weighted by atomic mass is 19.1. The first-order chi connectivity index (χ1) is 18.4. The minimum absolute atomic E-state index is 0.0415. The second kappa shape index (κ2) is 10.7. The molecule has 0 saturated heterocycles. The summed E-state index contributed by atoms with van der Waals surface area (Å²) >= 11 is 0. The molecule has 4 aromatic rings. The van der Waals surface area contributed by atoms with E-state index in [9.17, 15) is 9.18 Å². The minimum Gasteiger partial charge on any atom is -0.490 e. The van der Waals surface area contributed by atoms with Gasteiger partial charge in [0, 0.05) is 16.9 Å². The number of rotatable bonds is 8. The van der Waals surface area contributed by atoms with Crippen LogP contribution in [0.15, 0.2) is 78.0 Å². The number of anilines is 2. The highest BCUT2D eigenvalue weighted by molar-refractivity contribution is 6.06. The van der Waals surface area contributed by atoms with Gasteiger partial charge in [0.1, 0.15) is 18.5 Å². The third kappa shape index (κ3) is 5.06. The van der Waals surface area contributed by atoms with Gasteiger partial charge in [-0.25, -0.2) is 4.39 Å². The van der Waals surface area contributed by atoms with Gasteiger partial charge in [0.15, 0.2) is 11.5 Å². The van der Waals surface area contributed by atoms with Crippen LogP contribution in [0.5, 0.6) is 11.5 Å². The number of ether oxygens (including phenoxy) is 2. The number of hydrogen-bond donors (Lipinski definition) is 2. The van der Waals surface area contributed by atoms with Crippen molar-refractivity contribution >= 4 is 17.5 Å². The van der Waals surface area contributed by atoms with Crippen LogP contribution in [0.3, 0.4) is 0 Å². The first-order valence-electron chi connectivity index (χ1n) is 12.2. The van der Waals surface area contributed by atoms with Gasteiger partial charge in [0.05, 0.1) is 12.2 Å². The minimum atomic E-state index is -0.633. The number of aromatic nitrogens is 4. The fourth-order valence-corrected chi connectivity index (χ4v) is 4.30. The number of nitrogens with zero attached hydrogens (tertiary/aromatic N) is 4. The molecule has 2 heterocycles. The average molecular weight is 515 g/mol. The second-order valence-corrected chi connectivity index (χ2v) is 8.85. The summed E-state index contributed by atoms with van der Waals surface area (Å²) in [6.45, 7) is 6.09. The molecule has 0 bridgehead atoms. The van der Waals surface area contributed by atoms with Crippen molar-refractivity contribution in [3.8, 4) is 11.5 Å². The van der Waals surface area contributed by atoms with Crippen molar-refractivity contribution in [2.24, 2.45) is 0 Å². The number of aryl methyl sites for hydroxylation is 1. The lowest BCUT2D eigenvalue weighted by Crippen LogP contribution is -2.31. The number of halogens is 1. The van der Waals surface area contributed by atoms with Crippen molar-refractivity contribution in [3.05, 3.63) is 101 Å². The zero-order valence-electron chi connectivity index (χ0n) is 21.2. The van der Waals surface area contributed by atoms with Crippen molar-refractivity contribution < 1.29 is 18.7 Å². The molecular formula is C28H27FN6O3. The van der Waals surface area contributed by atoms with Gasteiger partial charge in [-0.2, -0.15) is 4.68 Å². The molecule has 0 saturated carbocycles. The Labute approximate surface area is 219 Å². The van der Waals surface area contributed by atoms with E-state index in [1.54, 1.807) is 35.0 Å². The monoisotopic (exact) mass is 514 g/mol. The summed E-state index contributed by atoms with van der Waals surface area (Å²) in [5, 5.41) is 18.1. The Morgan fingerprint density at radius 2 is 1.84 bits per heavy atom. The van der Waals surface area contributed by atoms with Crippen molar-refractivity contribution in [2.45, 2.75) is 33.4 Å². The Kier molecular flexibility index (Phi) is 7.03. The molecule has 1 unspecified atom stereocenters. The molecule has 1 aliphatic rings. The van der Waals surface area contributed by atoms with Gasteiger partial charge in [0.25, 0.3) is 5.91 Å². The van der Waals surface area contributed by atoms with Crippen molar-refractivity contribution in [1.82, 2.24) is 20.2 Å². The van der Waals surface area contributed by atoms with Gasteiger partial charge in [-0.15, -0.1) is 0 Å². The number of tetrazole rings is 1. The summed E-state index contributed by atoms with van der Waals surface area (Å²) in [5.74, 6) is 0.703. The standard InChI is InChI=1S/C28H27FN6O3/c1-4-37-24-15-19(11-14-23(24)38-16-20-7-5-6-8-22(20)29)26-25(18(3)30-28-32-33-34-35(26)28)27(36)31-21-12-9-17(2)10-13-21/h5-15,26H,4,16H2,1-3H3,(H,31,36)(H,30,32,34). The molecule has 3 aromatic carbocycles. The van der Waals surface area contributed by atoms with E-state index in [0.717, 1.165) is 11.1 Å². The Balaban J connectivity index is 1.49. The molecule has 0 aliphatic carbocycles. The van der Waals surface area contributed by atoms with Crippen LogP contribution in [0.2, 0.25) is 0 Å². The summed E-state index contributed by atoms with van der Waals surface area (Å²) < 4.78 is 27.5. The first kappa shape index (κ1) is 24.9. The van der Waals surface area contributed by atoms with E-state index in [-0.39, 0.29) is 18.3 Å². The molecule has 0 radical (unpaired) electrons. The molecule has 0 fully saturated rings. The van der Waals surface area contributed by atoms with E-state index in [1.807, 2.05) is 51.1 Å². The molecule has 9 nitrogen and oxygen atoms in total. The number of allylic oxidation sites excluding steroid dienone is 1. The lowest BCUT2D eigenvalue weighted by Gasteiger charge is -2.28. The van der Waals surface area contributed by atoms with E-state index in [1.165, 1.54) is 6.07 Å². The maximum absolute atomic E-state index is 14.1. The molecule has 194 valence electrons. The summed E-state index contributed by atoms with van der Waals surface area (Å²) in [4.78, 5) is 13.6. The van der Waals surface area contributed by atoms with Gasteiger partial charge in [0.2, 0.25) is 5.95 Å². The quantitative estimate of drug-likeness (QED) is 0.340. The lowest BCUT2D eigenvalue weighted by atomic mass is 9.94. The molecule has 10 heteroatoms. The van der Waals surface area contributed by atoms with Gasteiger partial charge < -0.3 is 20.1 Å². The predicted molar refractivity (Wildman–Crippen MR) is 140 cm³/mol. The molecule has 1 aliphatic heterocycles. The Bertz CT molecular complexity index is 1500. The molecule has 0 spiro atoms. The fourth-order valence-electron chi connectivity index (χ4n) is 4.30. The molecule has 1 atom stereocenters. The van der Waals surface area contributed by atoms with Crippen LogP contribution < -0.4 is 20.1 Å². The number of carbonyl (C=O) groups excluding carboxylic acids is 1. The van der Waals surface area contributed by atoms with Gasteiger partial charge in [-0.3, -0.25) is 4.79 Å². The summed E-state index contributed by atoms with van der Waals surface area (Å²) in [5.41, 5.74) is 4.00. The highest BCUT2D eigenvalue weighted by Crippen LogP contribution is 2.39. The van der Waals surface area contributed by atoms with Crippen LogP contribution >= 0.6 is 0 Å². The number of carbonyl (C=O) groups is 1. The third-order valence-electron chi connectivity index (χ3n) is 6.19.